The summed E-state index contributed by atoms with van der Waals surface area (Å²) >= 11 is 0. The molecule has 24 heavy (non-hydrogen) atoms. The number of hydrogen-bond acceptors (Lipinski definition) is 4. The van der Waals surface area contributed by atoms with Crippen molar-refractivity contribution in [1.29, 1.82) is 0 Å². The van der Waals surface area contributed by atoms with Crippen LogP contribution in [0, 0.1) is 6.57 Å². The maximum absolute atomic E-state index is 13.1. The molecule has 0 aromatic carbocycles. The number of aromatic nitrogens is 1. The van der Waals surface area contributed by atoms with E-state index in [1.807, 2.05) is 4.90 Å². The van der Waals surface area contributed by atoms with E-state index in [4.69, 9.17) is 11.3 Å². The van der Waals surface area contributed by atoms with E-state index in [0.29, 0.717) is 30.6 Å². The van der Waals surface area contributed by atoms with Gasteiger partial charge in [-0.2, -0.15) is 13.2 Å². The number of pyridine rings is 1. The van der Waals surface area contributed by atoms with Gasteiger partial charge in [-0.05, 0) is 19.9 Å². The summed E-state index contributed by atoms with van der Waals surface area (Å²) in [5.41, 5.74) is -0.589. The first-order valence-corrected chi connectivity index (χ1v) is 7.88. The molecule has 1 saturated heterocycles. The third kappa shape index (κ3) is 3.06. The lowest BCUT2D eigenvalue weighted by Gasteiger charge is -2.42. The van der Waals surface area contributed by atoms with E-state index in [1.54, 1.807) is 0 Å². The molecule has 2 aliphatic rings. The third-order valence-electron chi connectivity index (χ3n) is 4.55. The van der Waals surface area contributed by atoms with Crippen molar-refractivity contribution in [2.45, 2.75) is 38.7 Å². The van der Waals surface area contributed by atoms with Gasteiger partial charge in [-0.15, -0.1) is 4.98 Å². The summed E-state index contributed by atoms with van der Waals surface area (Å²) in [5.74, 6) is -0.131. The van der Waals surface area contributed by atoms with Crippen molar-refractivity contribution in [1.82, 2.24) is 9.88 Å². The van der Waals surface area contributed by atoms with Gasteiger partial charge in [-0.25, -0.2) is 0 Å². The number of piperazine rings is 1. The van der Waals surface area contributed by atoms with Gasteiger partial charge in [-0.3, -0.25) is 4.90 Å². The normalized spacial score (nSPS) is 21.9. The van der Waals surface area contributed by atoms with E-state index in [9.17, 15) is 13.2 Å². The number of hydrogen-bond donors (Lipinski definition) is 0. The van der Waals surface area contributed by atoms with E-state index in [0.717, 1.165) is 19.2 Å². The van der Waals surface area contributed by atoms with Crippen molar-refractivity contribution >= 4 is 11.6 Å². The van der Waals surface area contributed by atoms with Gasteiger partial charge in [0.1, 0.15) is 0 Å². The molecule has 2 aliphatic heterocycles. The summed E-state index contributed by atoms with van der Waals surface area (Å²) in [7, 11) is 0. The molecule has 0 bridgehead atoms. The minimum Gasteiger partial charge on any atom is -0.374 e. The number of anilines is 1. The van der Waals surface area contributed by atoms with Gasteiger partial charge in [0, 0.05) is 31.2 Å². The Labute approximate surface area is 138 Å². The molecule has 0 N–H and O–H groups in total. The van der Waals surface area contributed by atoms with Gasteiger partial charge >= 0.3 is 6.18 Å². The van der Waals surface area contributed by atoms with Gasteiger partial charge in [0.05, 0.1) is 24.8 Å². The van der Waals surface area contributed by atoms with Crippen LogP contribution in [0.5, 0.6) is 0 Å². The lowest BCUT2D eigenvalue weighted by Crippen LogP contribution is -2.56. The monoisotopic (exact) mass is 340 g/mol. The van der Waals surface area contributed by atoms with Crippen LogP contribution >= 0.6 is 0 Å². The molecule has 3 rings (SSSR count). The Kier molecular flexibility index (Phi) is 4.40. The summed E-state index contributed by atoms with van der Waals surface area (Å²) in [6.45, 7) is 14.1. The lowest BCUT2D eigenvalue weighted by atomic mass is 10.1. The number of nitrogens with zero attached hydrogens (tertiary/aromatic N) is 4. The Balaban J connectivity index is 2.00. The van der Waals surface area contributed by atoms with Crippen molar-refractivity contribution in [3.8, 4) is 0 Å². The van der Waals surface area contributed by atoms with Crippen LogP contribution in [0.25, 0.3) is 4.85 Å². The van der Waals surface area contributed by atoms with E-state index >= 15 is 0 Å². The Morgan fingerprint density at radius 3 is 2.75 bits per heavy atom. The minimum atomic E-state index is -4.59. The van der Waals surface area contributed by atoms with Crippen LogP contribution in [0.3, 0.4) is 0 Å². The first kappa shape index (κ1) is 17.0. The second-order valence-electron chi connectivity index (χ2n) is 6.40. The number of halogens is 3. The first-order chi connectivity index (χ1) is 11.3. The highest BCUT2D eigenvalue weighted by Crippen LogP contribution is 2.39. The SMILES string of the molecule is [C-]#[N+]c1nc2c(cc1C(F)(F)F)COC[C@H]1CN(C(C)C)CCN21. The topological polar surface area (TPSA) is 33.0 Å². The second-order valence-corrected chi connectivity index (χ2v) is 6.40. The molecular weight excluding hydrogens is 321 g/mol. The molecule has 0 amide bonds. The number of alkyl halides is 3. The highest BCUT2D eigenvalue weighted by atomic mass is 19.4. The summed E-state index contributed by atoms with van der Waals surface area (Å²) in [6.07, 6.45) is -4.59. The fourth-order valence-corrected chi connectivity index (χ4v) is 3.26. The Bertz CT molecular complexity index is 669. The number of ether oxygens (including phenoxy) is 1. The molecule has 0 spiro atoms. The van der Waals surface area contributed by atoms with Crippen LogP contribution in [0.4, 0.5) is 24.8 Å². The molecule has 1 atom stereocenters. The van der Waals surface area contributed by atoms with Gasteiger partial charge in [0.2, 0.25) is 5.82 Å². The summed E-state index contributed by atoms with van der Waals surface area (Å²) in [6, 6.07) is 1.45. The van der Waals surface area contributed by atoms with Crippen LogP contribution in [0.2, 0.25) is 0 Å². The maximum Gasteiger partial charge on any atom is 0.409 e. The number of fused-ring (bicyclic) bond motifs is 3. The average molecular weight is 340 g/mol. The zero-order valence-corrected chi connectivity index (χ0v) is 13.6. The fourth-order valence-electron chi connectivity index (χ4n) is 3.26. The zero-order chi connectivity index (χ0) is 17.5. The summed E-state index contributed by atoms with van der Waals surface area (Å²) < 4.78 is 45.0. The second kappa shape index (κ2) is 6.22. The van der Waals surface area contributed by atoms with E-state index in [-0.39, 0.29) is 12.6 Å². The van der Waals surface area contributed by atoms with Gasteiger partial charge in [-0.1, -0.05) is 6.57 Å². The minimum absolute atomic E-state index is 0.0326. The Hall–Kier alpha value is -1.85. The molecular formula is C16H19F3N4O. The van der Waals surface area contributed by atoms with Crippen molar-refractivity contribution in [3.05, 3.63) is 28.6 Å². The van der Waals surface area contributed by atoms with Crippen LogP contribution in [0.1, 0.15) is 25.0 Å². The predicted molar refractivity (Wildman–Crippen MR) is 83.0 cm³/mol. The van der Waals surface area contributed by atoms with Crippen LogP contribution in [0.15, 0.2) is 6.07 Å². The predicted octanol–water partition coefficient (Wildman–Crippen LogP) is 3.08. The largest absolute Gasteiger partial charge is 0.409 e. The molecule has 5 nitrogen and oxygen atoms in total. The van der Waals surface area contributed by atoms with Crippen LogP contribution in [-0.4, -0.2) is 48.2 Å². The molecule has 1 fully saturated rings. The first-order valence-electron chi connectivity index (χ1n) is 7.88. The van der Waals surface area contributed by atoms with Crippen molar-refractivity contribution in [2.24, 2.45) is 0 Å². The zero-order valence-electron chi connectivity index (χ0n) is 13.6. The molecule has 0 aliphatic carbocycles. The molecule has 1 aromatic heterocycles. The lowest BCUT2D eigenvalue weighted by molar-refractivity contribution is -0.137. The van der Waals surface area contributed by atoms with Crippen molar-refractivity contribution in [2.75, 3.05) is 31.1 Å². The fraction of sp³-hybridized carbons (Fsp3) is 0.625. The average Bonchev–Trinajstić information content (AvgIpc) is 2.70. The molecule has 0 radical (unpaired) electrons. The Morgan fingerprint density at radius 2 is 2.12 bits per heavy atom. The van der Waals surface area contributed by atoms with Gasteiger partial charge in [0.15, 0.2) is 0 Å². The highest BCUT2D eigenvalue weighted by Gasteiger charge is 2.39. The molecule has 3 heterocycles. The smallest absolute Gasteiger partial charge is 0.374 e. The third-order valence-corrected chi connectivity index (χ3v) is 4.55. The standard InChI is InChI=1S/C16H19F3N4O/c1-10(2)22-4-5-23-12(7-22)9-24-8-11-6-13(16(17,18)19)14(20-3)21-15(11)23/h6,10,12H,4-5,7-9H2,1-2H3/t12-/m1/s1. The Morgan fingerprint density at radius 1 is 1.38 bits per heavy atom. The molecule has 0 saturated carbocycles. The molecule has 0 unspecified atom stereocenters. The van der Waals surface area contributed by atoms with Gasteiger partial charge < -0.3 is 14.5 Å². The van der Waals surface area contributed by atoms with Crippen LogP contribution < -0.4 is 4.90 Å². The molecule has 1 aromatic rings. The van der Waals surface area contributed by atoms with E-state index < -0.39 is 17.6 Å². The highest BCUT2D eigenvalue weighted by molar-refractivity contribution is 5.60. The van der Waals surface area contributed by atoms with Crippen LogP contribution in [-0.2, 0) is 17.5 Å². The summed E-state index contributed by atoms with van der Waals surface area (Å²) in [5, 5.41) is 0. The maximum atomic E-state index is 13.1. The number of rotatable bonds is 1. The van der Waals surface area contributed by atoms with Crippen molar-refractivity contribution < 1.29 is 17.9 Å². The van der Waals surface area contributed by atoms with Crippen molar-refractivity contribution in [3.63, 3.8) is 0 Å². The molecule has 130 valence electrons. The summed E-state index contributed by atoms with van der Waals surface area (Å²) in [4.78, 5) is 11.4. The molecule has 8 heteroatoms. The van der Waals surface area contributed by atoms with E-state index in [1.165, 1.54) is 0 Å². The van der Waals surface area contributed by atoms with Gasteiger partial charge in [0.25, 0.3) is 5.82 Å². The quantitative estimate of drug-likeness (QED) is 0.736. The van der Waals surface area contributed by atoms with E-state index in [2.05, 4.69) is 28.6 Å².